The molecule has 0 aromatic heterocycles. The van der Waals surface area contributed by atoms with Gasteiger partial charge in [-0.15, -0.1) is 0 Å². The Bertz CT molecular complexity index is 971. The molecule has 10 heteroatoms. The quantitative estimate of drug-likeness (QED) is 0.336. The van der Waals surface area contributed by atoms with Gasteiger partial charge in [0, 0.05) is 12.1 Å². The summed E-state index contributed by atoms with van der Waals surface area (Å²) in [6.07, 6.45) is -2.53. The molecular weight excluding hydrogens is 393 g/mol. The van der Waals surface area contributed by atoms with Crippen molar-refractivity contribution in [3.05, 3.63) is 75.3 Å². The van der Waals surface area contributed by atoms with Gasteiger partial charge in [-0.1, -0.05) is 18.2 Å². The molecular formula is C19H15F3N2O5. The molecule has 0 radical (unpaired) electrons. The maximum Gasteiger partial charge on any atom is 0.416 e. The van der Waals surface area contributed by atoms with Crippen LogP contribution in [0.15, 0.2) is 48.5 Å². The maximum atomic E-state index is 12.7. The third-order valence-corrected chi connectivity index (χ3v) is 3.60. The van der Waals surface area contributed by atoms with E-state index in [1.807, 2.05) is 0 Å². The van der Waals surface area contributed by atoms with Crippen molar-refractivity contribution >= 4 is 29.3 Å². The Labute approximate surface area is 162 Å². The number of ether oxygens (including phenoxy) is 1. The van der Waals surface area contributed by atoms with Gasteiger partial charge in [0.25, 0.3) is 11.6 Å². The number of nitro benzene ring substituents is 1. The Morgan fingerprint density at radius 1 is 1.21 bits per heavy atom. The van der Waals surface area contributed by atoms with Gasteiger partial charge in [-0.05, 0) is 42.3 Å². The predicted molar refractivity (Wildman–Crippen MR) is 97.9 cm³/mol. The summed E-state index contributed by atoms with van der Waals surface area (Å²) in [6.45, 7) is 0.925. The summed E-state index contributed by atoms with van der Waals surface area (Å²) in [5.74, 6) is -1.77. The molecule has 0 aliphatic carbocycles. The van der Waals surface area contributed by atoms with E-state index < -0.39 is 35.1 Å². The number of nitrogens with one attached hydrogen (secondary N) is 1. The van der Waals surface area contributed by atoms with E-state index in [2.05, 4.69) is 10.1 Å². The smallest absolute Gasteiger partial charge is 0.416 e. The van der Waals surface area contributed by atoms with Crippen LogP contribution in [0.5, 0.6) is 0 Å². The molecule has 1 N–H and O–H groups in total. The Balaban J connectivity index is 1.94. The molecule has 0 aliphatic rings. The van der Waals surface area contributed by atoms with E-state index in [-0.39, 0.29) is 16.9 Å². The molecule has 2 rings (SSSR count). The van der Waals surface area contributed by atoms with E-state index in [4.69, 9.17) is 0 Å². The zero-order valence-electron chi connectivity index (χ0n) is 15.0. The summed E-state index contributed by atoms with van der Waals surface area (Å²) >= 11 is 0. The lowest BCUT2D eigenvalue weighted by molar-refractivity contribution is -0.384. The van der Waals surface area contributed by atoms with Crippen LogP contribution in [-0.2, 0) is 20.5 Å². The molecule has 2 aromatic carbocycles. The van der Waals surface area contributed by atoms with Crippen LogP contribution in [0.25, 0.3) is 6.08 Å². The number of anilines is 1. The molecule has 0 atom stereocenters. The zero-order valence-corrected chi connectivity index (χ0v) is 15.0. The molecule has 0 spiro atoms. The van der Waals surface area contributed by atoms with Crippen molar-refractivity contribution in [1.29, 1.82) is 0 Å². The highest BCUT2D eigenvalue weighted by Crippen LogP contribution is 2.29. The first-order chi connectivity index (χ1) is 13.6. The van der Waals surface area contributed by atoms with Gasteiger partial charge in [-0.3, -0.25) is 14.9 Å². The number of esters is 1. The molecule has 1 amide bonds. The molecule has 0 saturated carbocycles. The zero-order chi connectivity index (χ0) is 21.6. The van der Waals surface area contributed by atoms with Crippen LogP contribution in [0.1, 0.15) is 16.7 Å². The minimum Gasteiger partial charge on any atom is -0.452 e. The van der Waals surface area contributed by atoms with Crippen molar-refractivity contribution in [2.75, 3.05) is 11.9 Å². The Hall–Kier alpha value is -3.69. The Morgan fingerprint density at radius 3 is 2.59 bits per heavy atom. The standard InChI is InChI=1S/C19H15F3N2O5/c1-12-5-7-15(16(9-12)24(27)28)23-17(25)11-29-18(26)8-6-13-3-2-4-14(10-13)19(20,21)22/h2-10H,11H2,1H3,(H,23,25)/b8-6+. The monoisotopic (exact) mass is 408 g/mol. The lowest BCUT2D eigenvalue weighted by Crippen LogP contribution is -2.20. The van der Waals surface area contributed by atoms with E-state index in [9.17, 15) is 32.9 Å². The topological polar surface area (TPSA) is 98.5 Å². The number of hydrogen-bond acceptors (Lipinski definition) is 5. The van der Waals surface area contributed by atoms with E-state index in [1.54, 1.807) is 13.0 Å². The summed E-state index contributed by atoms with van der Waals surface area (Å²) in [7, 11) is 0. The van der Waals surface area contributed by atoms with Gasteiger partial charge in [-0.25, -0.2) is 4.79 Å². The van der Waals surface area contributed by atoms with Crippen molar-refractivity contribution in [3.8, 4) is 0 Å². The predicted octanol–water partition coefficient (Wildman–Crippen LogP) is 4.12. The molecule has 0 bridgehead atoms. The minimum atomic E-state index is -4.51. The van der Waals surface area contributed by atoms with E-state index >= 15 is 0 Å². The molecule has 0 saturated heterocycles. The highest BCUT2D eigenvalue weighted by molar-refractivity contribution is 5.96. The molecule has 2 aromatic rings. The highest BCUT2D eigenvalue weighted by Gasteiger charge is 2.30. The number of halogens is 3. The number of carbonyl (C=O) groups is 2. The maximum absolute atomic E-state index is 12.7. The second-order valence-corrected chi connectivity index (χ2v) is 5.89. The molecule has 29 heavy (non-hydrogen) atoms. The molecule has 0 unspecified atom stereocenters. The summed E-state index contributed by atoms with van der Waals surface area (Å²) in [4.78, 5) is 33.9. The fraction of sp³-hybridized carbons (Fsp3) is 0.158. The van der Waals surface area contributed by atoms with Crippen LogP contribution in [-0.4, -0.2) is 23.4 Å². The van der Waals surface area contributed by atoms with Gasteiger partial charge in [-0.2, -0.15) is 13.2 Å². The van der Waals surface area contributed by atoms with Crippen LogP contribution in [0.2, 0.25) is 0 Å². The third kappa shape index (κ3) is 6.45. The van der Waals surface area contributed by atoms with Gasteiger partial charge >= 0.3 is 12.1 Å². The van der Waals surface area contributed by atoms with Crippen LogP contribution in [0.4, 0.5) is 24.5 Å². The molecule has 0 fully saturated rings. The Kier molecular flexibility index (Phi) is 6.71. The molecule has 0 aliphatic heterocycles. The lowest BCUT2D eigenvalue weighted by atomic mass is 10.1. The number of hydrogen-bond donors (Lipinski definition) is 1. The first kappa shape index (κ1) is 21.6. The number of amides is 1. The van der Waals surface area contributed by atoms with Gasteiger partial charge in [0.15, 0.2) is 6.61 Å². The van der Waals surface area contributed by atoms with Crippen molar-refractivity contribution < 1.29 is 32.4 Å². The van der Waals surface area contributed by atoms with Crippen LogP contribution in [0, 0.1) is 17.0 Å². The number of benzene rings is 2. The first-order valence-corrected chi connectivity index (χ1v) is 8.13. The number of carbonyl (C=O) groups excluding carboxylic acids is 2. The first-order valence-electron chi connectivity index (χ1n) is 8.13. The van der Waals surface area contributed by atoms with E-state index in [1.165, 1.54) is 24.3 Å². The molecule has 152 valence electrons. The highest BCUT2D eigenvalue weighted by atomic mass is 19.4. The summed E-state index contributed by atoms with van der Waals surface area (Å²) in [5, 5.41) is 13.3. The van der Waals surface area contributed by atoms with Gasteiger partial charge in [0.1, 0.15) is 5.69 Å². The summed E-state index contributed by atoms with van der Waals surface area (Å²) < 4.78 is 42.6. The summed E-state index contributed by atoms with van der Waals surface area (Å²) in [5.41, 5.74) is -0.486. The Morgan fingerprint density at radius 2 is 1.93 bits per heavy atom. The number of nitrogens with zero attached hydrogens (tertiary/aromatic N) is 1. The van der Waals surface area contributed by atoms with Crippen LogP contribution < -0.4 is 5.32 Å². The second-order valence-electron chi connectivity index (χ2n) is 5.89. The third-order valence-electron chi connectivity index (χ3n) is 3.60. The minimum absolute atomic E-state index is 0.0545. The number of nitro groups is 1. The second kappa shape index (κ2) is 9.00. The number of aryl methyl sites for hydroxylation is 1. The molecule has 7 nitrogen and oxygen atoms in total. The van der Waals surface area contributed by atoms with Gasteiger partial charge < -0.3 is 10.1 Å². The number of rotatable bonds is 6. The van der Waals surface area contributed by atoms with Crippen LogP contribution >= 0.6 is 0 Å². The fourth-order valence-electron chi connectivity index (χ4n) is 2.25. The van der Waals surface area contributed by atoms with E-state index in [0.717, 1.165) is 24.3 Å². The largest absolute Gasteiger partial charge is 0.452 e. The van der Waals surface area contributed by atoms with Gasteiger partial charge in [0.2, 0.25) is 0 Å². The average molecular weight is 408 g/mol. The fourth-order valence-corrected chi connectivity index (χ4v) is 2.25. The normalized spacial score (nSPS) is 11.3. The van der Waals surface area contributed by atoms with Crippen LogP contribution in [0.3, 0.4) is 0 Å². The van der Waals surface area contributed by atoms with Crippen molar-refractivity contribution in [2.24, 2.45) is 0 Å². The van der Waals surface area contributed by atoms with Crippen molar-refractivity contribution in [2.45, 2.75) is 13.1 Å². The van der Waals surface area contributed by atoms with Crippen molar-refractivity contribution in [1.82, 2.24) is 0 Å². The van der Waals surface area contributed by atoms with Gasteiger partial charge in [0.05, 0.1) is 10.5 Å². The lowest BCUT2D eigenvalue weighted by Gasteiger charge is -2.07. The SMILES string of the molecule is Cc1ccc(NC(=O)COC(=O)/C=C/c2cccc(C(F)(F)F)c2)c([N+](=O)[O-])c1. The average Bonchev–Trinajstić information content (AvgIpc) is 2.65. The van der Waals surface area contributed by atoms with Crippen molar-refractivity contribution in [3.63, 3.8) is 0 Å². The number of alkyl halides is 3. The molecule has 0 heterocycles. The van der Waals surface area contributed by atoms with E-state index in [0.29, 0.717) is 5.56 Å². The summed E-state index contributed by atoms with van der Waals surface area (Å²) in [6, 6.07) is 8.49.